The first kappa shape index (κ1) is 9.89. The van der Waals surface area contributed by atoms with Crippen molar-refractivity contribution in [2.75, 3.05) is 0 Å². The van der Waals surface area contributed by atoms with Crippen molar-refractivity contribution in [2.24, 2.45) is 0 Å². The van der Waals surface area contributed by atoms with Crippen molar-refractivity contribution >= 4 is 32.1 Å². The summed E-state index contributed by atoms with van der Waals surface area (Å²) in [7, 11) is -3.29. The lowest BCUT2D eigenvalue weighted by Gasteiger charge is -1.99. The van der Waals surface area contributed by atoms with Gasteiger partial charge in [0.25, 0.3) is 0 Å². The predicted molar refractivity (Wildman–Crippen MR) is 53.1 cm³/mol. The van der Waals surface area contributed by atoms with Crippen LogP contribution in [0.4, 0.5) is 0 Å². The van der Waals surface area contributed by atoms with E-state index in [1.165, 1.54) is 0 Å². The summed E-state index contributed by atoms with van der Waals surface area (Å²) in [6.07, 6.45) is 0. The maximum absolute atomic E-state index is 10.8. The van der Waals surface area contributed by atoms with Crippen LogP contribution in [0, 0.1) is 0 Å². The molecule has 2 nitrogen and oxygen atoms in total. The Balaban J connectivity index is 2.98. The Kier molecular flexibility index (Phi) is 3.04. The fourth-order valence-electron chi connectivity index (χ4n) is 0.812. The minimum absolute atomic E-state index is 0.129. The summed E-state index contributed by atoms with van der Waals surface area (Å²) in [6.45, 7) is 0. The molecule has 0 saturated carbocycles. The van der Waals surface area contributed by atoms with E-state index in [9.17, 15) is 8.42 Å². The fraction of sp³-hybridized carbons (Fsp3) is 0.143. The second-order valence-electron chi connectivity index (χ2n) is 2.32. The van der Waals surface area contributed by atoms with E-state index >= 15 is 0 Å². The second kappa shape index (κ2) is 3.68. The van der Waals surface area contributed by atoms with Crippen molar-refractivity contribution in [1.82, 2.24) is 0 Å². The lowest BCUT2D eigenvalue weighted by atomic mass is 10.2. The van der Waals surface area contributed by atoms with Crippen LogP contribution >= 0.6 is 23.3 Å². The van der Waals surface area contributed by atoms with Crippen LogP contribution in [-0.2, 0) is 14.6 Å². The summed E-state index contributed by atoms with van der Waals surface area (Å²) < 4.78 is 21.5. The van der Waals surface area contributed by atoms with Gasteiger partial charge >= 0.3 is 0 Å². The molecule has 0 aliphatic rings. The molecule has 0 aliphatic carbocycles. The first-order valence-electron chi connectivity index (χ1n) is 3.17. The number of thiol groups is 1. The quantitative estimate of drug-likeness (QED) is 0.614. The molecule has 1 aromatic rings. The van der Waals surface area contributed by atoms with E-state index in [0.29, 0.717) is 10.6 Å². The van der Waals surface area contributed by atoms with E-state index in [0.717, 1.165) is 0 Å². The molecule has 0 aromatic heterocycles. The molecule has 0 bridgehead atoms. The smallest absolute Gasteiger partial charge is 0.202 e. The highest BCUT2D eigenvalue weighted by atomic mass is 35.5. The summed E-state index contributed by atoms with van der Waals surface area (Å²) in [4.78, 5) is 0. The standard InChI is InChI=1S/C7H7ClO2S2/c8-7-4-2-1-3-6(7)5-12(9,10)11/h1-4H,5H2,(H,9,10,11). The van der Waals surface area contributed by atoms with Gasteiger partial charge in [0, 0.05) is 5.02 Å². The summed E-state index contributed by atoms with van der Waals surface area (Å²) in [5.41, 5.74) is 0.578. The van der Waals surface area contributed by atoms with E-state index in [1.807, 2.05) is 0 Å². The van der Waals surface area contributed by atoms with E-state index in [-0.39, 0.29) is 5.75 Å². The zero-order chi connectivity index (χ0) is 9.19. The highest BCUT2D eigenvalue weighted by molar-refractivity contribution is 8.63. The largest absolute Gasteiger partial charge is 0.217 e. The summed E-state index contributed by atoms with van der Waals surface area (Å²) in [5.74, 6) is -0.129. The lowest BCUT2D eigenvalue weighted by Crippen LogP contribution is -1.95. The van der Waals surface area contributed by atoms with Crippen LogP contribution in [0.3, 0.4) is 0 Å². The molecule has 0 fully saturated rings. The zero-order valence-electron chi connectivity index (χ0n) is 6.07. The predicted octanol–water partition coefficient (Wildman–Crippen LogP) is 2.10. The van der Waals surface area contributed by atoms with Crippen molar-refractivity contribution < 1.29 is 8.42 Å². The SMILES string of the molecule is O=S(=O)(S)Cc1ccccc1Cl. The highest BCUT2D eigenvalue weighted by Gasteiger charge is 2.07. The van der Waals surface area contributed by atoms with Gasteiger partial charge in [0.15, 0.2) is 0 Å². The zero-order valence-corrected chi connectivity index (χ0v) is 8.53. The van der Waals surface area contributed by atoms with Gasteiger partial charge in [-0.15, -0.1) is 0 Å². The maximum Gasteiger partial charge on any atom is 0.202 e. The maximum atomic E-state index is 10.8. The second-order valence-corrected chi connectivity index (χ2v) is 5.85. The Bertz CT molecular complexity index is 373. The van der Waals surface area contributed by atoms with Gasteiger partial charge in [0.05, 0.1) is 5.75 Å². The molecule has 1 rings (SSSR count). The molecular weight excluding hydrogens is 216 g/mol. The van der Waals surface area contributed by atoms with Crippen LogP contribution in [0.25, 0.3) is 0 Å². The van der Waals surface area contributed by atoms with Gasteiger partial charge in [0.2, 0.25) is 8.87 Å². The molecule has 0 N–H and O–H groups in total. The van der Waals surface area contributed by atoms with Crippen molar-refractivity contribution in [3.63, 3.8) is 0 Å². The molecule has 0 atom stereocenters. The Morgan fingerprint density at radius 2 is 1.92 bits per heavy atom. The molecule has 1 aromatic carbocycles. The number of hydrogen-bond acceptors (Lipinski definition) is 2. The first-order chi connectivity index (χ1) is 5.49. The van der Waals surface area contributed by atoms with Gasteiger partial charge < -0.3 is 0 Å². The number of benzene rings is 1. The molecule has 12 heavy (non-hydrogen) atoms. The minimum atomic E-state index is -3.29. The van der Waals surface area contributed by atoms with Crippen molar-refractivity contribution in [1.29, 1.82) is 0 Å². The van der Waals surface area contributed by atoms with Crippen LogP contribution in [0.1, 0.15) is 5.56 Å². The van der Waals surface area contributed by atoms with Crippen LogP contribution in [0.15, 0.2) is 24.3 Å². The van der Waals surface area contributed by atoms with E-state index in [2.05, 4.69) is 11.7 Å². The average Bonchev–Trinajstić information content (AvgIpc) is 1.91. The van der Waals surface area contributed by atoms with E-state index in [4.69, 9.17) is 11.6 Å². The minimum Gasteiger partial charge on any atom is -0.217 e. The molecule has 5 heteroatoms. The summed E-state index contributed by atoms with van der Waals surface area (Å²) in [6, 6.07) is 6.79. The van der Waals surface area contributed by atoms with Crippen molar-refractivity contribution in [2.45, 2.75) is 5.75 Å². The number of halogens is 1. The highest BCUT2D eigenvalue weighted by Crippen LogP contribution is 2.18. The Hall–Kier alpha value is -0.190. The monoisotopic (exact) mass is 222 g/mol. The third kappa shape index (κ3) is 3.05. The summed E-state index contributed by atoms with van der Waals surface area (Å²) >= 11 is 9.16. The van der Waals surface area contributed by atoms with Crippen molar-refractivity contribution in [3.05, 3.63) is 34.9 Å². The van der Waals surface area contributed by atoms with Gasteiger partial charge in [-0.2, -0.15) is 0 Å². The molecule has 66 valence electrons. The van der Waals surface area contributed by atoms with Crippen molar-refractivity contribution in [3.8, 4) is 0 Å². The first-order valence-corrected chi connectivity index (χ1v) is 6.26. The van der Waals surface area contributed by atoms with Gasteiger partial charge in [-0.05, 0) is 23.3 Å². The third-order valence-electron chi connectivity index (χ3n) is 1.30. The average molecular weight is 223 g/mol. The van der Waals surface area contributed by atoms with E-state index in [1.54, 1.807) is 24.3 Å². The molecule has 0 aliphatic heterocycles. The Morgan fingerprint density at radius 3 is 2.42 bits per heavy atom. The molecule has 0 radical (unpaired) electrons. The molecule has 0 amide bonds. The Labute approximate surface area is 81.3 Å². The Morgan fingerprint density at radius 1 is 1.33 bits per heavy atom. The molecule has 0 spiro atoms. The van der Waals surface area contributed by atoms with Gasteiger partial charge in [-0.1, -0.05) is 29.8 Å². The fourth-order valence-corrected chi connectivity index (χ4v) is 2.16. The van der Waals surface area contributed by atoms with Gasteiger partial charge in [0.1, 0.15) is 0 Å². The summed E-state index contributed by atoms with van der Waals surface area (Å²) in [5, 5.41) is 0.454. The van der Waals surface area contributed by atoms with Crippen LogP contribution in [-0.4, -0.2) is 8.42 Å². The molecule has 0 saturated heterocycles. The molecule has 0 heterocycles. The third-order valence-corrected chi connectivity index (χ3v) is 2.73. The lowest BCUT2D eigenvalue weighted by molar-refractivity contribution is 0.610. The van der Waals surface area contributed by atoms with Crippen LogP contribution in [0.5, 0.6) is 0 Å². The van der Waals surface area contributed by atoms with Gasteiger partial charge in [-0.25, -0.2) is 8.42 Å². The topological polar surface area (TPSA) is 34.1 Å². The van der Waals surface area contributed by atoms with Crippen LogP contribution < -0.4 is 0 Å². The molecular formula is C7H7ClO2S2. The van der Waals surface area contributed by atoms with Crippen LogP contribution in [0.2, 0.25) is 5.02 Å². The van der Waals surface area contributed by atoms with Gasteiger partial charge in [-0.3, -0.25) is 0 Å². The number of hydrogen-bond donors (Lipinski definition) is 1. The molecule has 0 unspecified atom stereocenters. The normalized spacial score (nSPS) is 11.5. The van der Waals surface area contributed by atoms with E-state index < -0.39 is 8.87 Å². The number of rotatable bonds is 2.